The second kappa shape index (κ2) is 8.92. The van der Waals surface area contributed by atoms with Gasteiger partial charge in [0.1, 0.15) is 17.1 Å². The van der Waals surface area contributed by atoms with E-state index in [0.717, 1.165) is 6.07 Å². The smallest absolute Gasteiger partial charge is 0.295 e. The van der Waals surface area contributed by atoms with Gasteiger partial charge in [-0.2, -0.15) is 0 Å². The van der Waals surface area contributed by atoms with E-state index < -0.39 is 23.2 Å². The van der Waals surface area contributed by atoms with E-state index in [4.69, 9.17) is 23.4 Å². The number of hydrogen-bond acceptors (Lipinski definition) is 7. The predicted octanol–water partition coefficient (Wildman–Crippen LogP) is 4.72. The Balaban J connectivity index is 1.84. The lowest BCUT2D eigenvalue weighted by Crippen LogP contribution is -2.29. The van der Waals surface area contributed by atoms with Crippen molar-refractivity contribution < 1.29 is 32.5 Å². The Labute approximate surface area is 205 Å². The van der Waals surface area contributed by atoms with Gasteiger partial charge in [0, 0.05) is 11.8 Å². The summed E-state index contributed by atoms with van der Waals surface area (Å²) in [6, 6.07) is 12.9. The Morgan fingerprint density at radius 1 is 0.861 bits per heavy atom. The van der Waals surface area contributed by atoms with Crippen LogP contribution in [0.25, 0.3) is 11.0 Å². The summed E-state index contributed by atoms with van der Waals surface area (Å²) in [5.41, 5.74) is 0.657. The molecule has 0 radical (unpaired) electrons. The summed E-state index contributed by atoms with van der Waals surface area (Å²) in [4.78, 5) is 28.9. The molecule has 3 aromatic carbocycles. The second-order valence-electron chi connectivity index (χ2n) is 8.05. The quantitative estimate of drug-likeness (QED) is 0.386. The van der Waals surface area contributed by atoms with Crippen LogP contribution in [0.3, 0.4) is 0 Å². The molecule has 5 rings (SSSR count). The lowest BCUT2D eigenvalue weighted by Gasteiger charge is -2.26. The number of carbonyl (C=O) groups is 1. The van der Waals surface area contributed by atoms with Gasteiger partial charge in [-0.25, -0.2) is 4.39 Å². The third kappa shape index (κ3) is 3.51. The van der Waals surface area contributed by atoms with Crippen LogP contribution in [0.2, 0.25) is 0 Å². The molecule has 36 heavy (non-hydrogen) atoms. The number of rotatable bonds is 6. The van der Waals surface area contributed by atoms with E-state index >= 15 is 0 Å². The van der Waals surface area contributed by atoms with Crippen LogP contribution in [0.1, 0.15) is 27.7 Å². The molecular formula is C27H22FNO7. The molecule has 2 heterocycles. The van der Waals surface area contributed by atoms with E-state index in [0.29, 0.717) is 34.2 Å². The Bertz CT molecular complexity index is 1540. The van der Waals surface area contributed by atoms with Crippen molar-refractivity contribution in [3.8, 4) is 23.0 Å². The number of benzene rings is 3. The molecule has 0 bridgehead atoms. The number of amides is 1. The Kier molecular flexibility index (Phi) is 5.75. The summed E-state index contributed by atoms with van der Waals surface area (Å²) < 4.78 is 41.7. The lowest BCUT2D eigenvalue weighted by molar-refractivity contribution is 0.0971. The summed E-state index contributed by atoms with van der Waals surface area (Å²) >= 11 is 0. The number of halogens is 1. The van der Waals surface area contributed by atoms with E-state index in [1.54, 1.807) is 36.4 Å². The van der Waals surface area contributed by atoms with Crippen LogP contribution in [-0.2, 0) is 0 Å². The van der Waals surface area contributed by atoms with Gasteiger partial charge in [-0.3, -0.25) is 14.5 Å². The first kappa shape index (κ1) is 23.2. The largest absolute Gasteiger partial charge is 0.497 e. The summed E-state index contributed by atoms with van der Waals surface area (Å²) in [5.74, 6) is 0.318. The van der Waals surface area contributed by atoms with Crippen molar-refractivity contribution in [3.63, 3.8) is 0 Å². The van der Waals surface area contributed by atoms with Crippen LogP contribution in [0.5, 0.6) is 23.0 Å². The second-order valence-corrected chi connectivity index (χ2v) is 8.05. The molecule has 1 unspecified atom stereocenters. The van der Waals surface area contributed by atoms with Crippen molar-refractivity contribution in [1.82, 2.24) is 0 Å². The van der Waals surface area contributed by atoms with Gasteiger partial charge in [0.25, 0.3) is 5.91 Å². The summed E-state index contributed by atoms with van der Waals surface area (Å²) in [5, 5.41) is 0.0338. The van der Waals surface area contributed by atoms with Gasteiger partial charge in [-0.15, -0.1) is 0 Å². The molecule has 184 valence electrons. The number of methoxy groups -OCH3 is 4. The molecule has 4 aromatic rings. The van der Waals surface area contributed by atoms with Crippen LogP contribution >= 0.6 is 0 Å². The average molecular weight is 491 g/mol. The minimum Gasteiger partial charge on any atom is -0.497 e. The SMILES string of the molecule is COc1cccc(N2C(=O)c3oc4ccc(F)cc4c(=O)c3C2c2cc(OC)c(OC)c(OC)c2)c1. The Morgan fingerprint density at radius 3 is 2.22 bits per heavy atom. The van der Waals surface area contributed by atoms with Gasteiger partial charge in [-0.05, 0) is 48.0 Å². The zero-order valence-electron chi connectivity index (χ0n) is 20.0. The molecule has 8 nitrogen and oxygen atoms in total. The highest BCUT2D eigenvalue weighted by atomic mass is 19.1. The first-order valence-corrected chi connectivity index (χ1v) is 11.0. The first-order valence-electron chi connectivity index (χ1n) is 11.0. The summed E-state index contributed by atoms with van der Waals surface area (Å²) in [7, 11) is 5.94. The maximum atomic E-state index is 14.1. The fourth-order valence-electron chi connectivity index (χ4n) is 4.55. The van der Waals surface area contributed by atoms with Gasteiger partial charge in [0.15, 0.2) is 16.9 Å². The number of hydrogen-bond donors (Lipinski definition) is 0. The third-order valence-electron chi connectivity index (χ3n) is 6.17. The minimum atomic E-state index is -0.933. The number of carbonyl (C=O) groups excluding carboxylic acids is 1. The van der Waals surface area contributed by atoms with E-state index in [-0.39, 0.29) is 22.3 Å². The van der Waals surface area contributed by atoms with Crippen molar-refractivity contribution in [2.75, 3.05) is 33.3 Å². The maximum Gasteiger partial charge on any atom is 0.295 e. The molecule has 0 spiro atoms. The first-order chi connectivity index (χ1) is 17.4. The third-order valence-corrected chi connectivity index (χ3v) is 6.17. The maximum absolute atomic E-state index is 14.1. The zero-order chi connectivity index (χ0) is 25.6. The molecule has 0 N–H and O–H groups in total. The molecule has 1 aliphatic rings. The topological polar surface area (TPSA) is 87.4 Å². The van der Waals surface area contributed by atoms with Gasteiger partial charge < -0.3 is 23.4 Å². The highest BCUT2D eigenvalue weighted by molar-refractivity contribution is 6.10. The van der Waals surface area contributed by atoms with Gasteiger partial charge in [-0.1, -0.05) is 6.07 Å². The van der Waals surface area contributed by atoms with Crippen molar-refractivity contribution in [2.24, 2.45) is 0 Å². The summed E-state index contributed by atoms with van der Waals surface area (Å²) in [6.45, 7) is 0. The van der Waals surface area contributed by atoms with Crippen molar-refractivity contribution in [3.05, 3.63) is 87.5 Å². The van der Waals surface area contributed by atoms with Crippen LogP contribution in [-0.4, -0.2) is 34.3 Å². The number of ether oxygens (including phenoxy) is 4. The minimum absolute atomic E-state index is 0.0338. The molecule has 9 heteroatoms. The van der Waals surface area contributed by atoms with Crippen molar-refractivity contribution in [2.45, 2.75) is 6.04 Å². The van der Waals surface area contributed by atoms with E-state index in [2.05, 4.69) is 0 Å². The Morgan fingerprint density at radius 2 is 1.58 bits per heavy atom. The van der Waals surface area contributed by atoms with Gasteiger partial charge in [0.05, 0.1) is 45.4 Å². The predicted molar refractivity (Wildman–Crippen MR) is 130 cm³/mol. The Hall–Kier alpha value is -4.53. The molecule has 0 fully saturated rings. The fourth-order valence-corrected chi connectivity index (χ4v) is 4.55. The molecular weight excluding hydrogens is 469 g/mol. The highest BCUT2D eigenvalue weighted by Gasteiger charge is 2.44. The number of anilines is 1. The van der Waals surface area contributed by atoms with Crippen LogP contribution < -0.4 is 29.3 Å². The average Bonchev–Trinajstić information content (AvgIpc) is 3.20. The lowest BCUT2D eigenvalue weighted by atomic mass is 9.97. The van der Waals surface area contributed by atoms with E-state index in [1.807, 2.05) is 0 Å². The molecule has 1 aromatic heterocycles. The van der Waals surface area contributed by atoms with Gasteiger partial charge in [0.2, 0.25) is 11.5 Å². The van der Waals surface area contributed by atoms with E-state index in [9.17, 15) is 14.0 Å². The zero-order valence-corrected chi connectivity index (χ0v) is 20.0. The fraction of sp³-hybridized carbons (Fsp3) is 0.185. The molecule has 1 amide bonds. The van der Waals surface area contributed by atoms with Crippen LogP contribution in [0, 0.1) is 5.82 Å². The number of fused-ring (bicyclic) bond motifs is 2. The van der Waals surface area contributed by atoms with Gasteiger partial charge >= 0.3 is 0 Å². The van der Waals surface area contributed by atoms with Crippen LogP contribution in [0.4, 0.5) is 10.1 Å². The van der Waals surface area contributed by atoms with E-state index in [1.165, 1.54) is 45.5 Å². The molecule has 1 aliphatic heterocycles. The molecule has 0 saturated heterocycles. The normalized spacial score (nSPS) is 14.6. The van der Waals surface area contributed by atoms with Crippen LogP contribution in [0.15, 0.2) is 63.8 Å². The molecule has 0 saturated carbocycles. The standard InChI is InChI=1S/C27H22FNO7/c1-32-17-7-5-6-16(13-17)29-23(14-10-20(33-2)25(35-4)21(11-14)34-3)22-24(30)18-12-15(28)8-9-19(18)36-26(22)27(29)31/h5-13,23H,1-4H3. The summed E-state index contributed by atoms with van der Waals surface area (Å²) in [6.07, 6.45) is 0. The number of nitrogens with zero attached hydrogens (tertiary/aromatic N) is 1. The monoisotopic (exact) mass is 491 g/mol. The van der Waals surface area contributed by atoms with Crippen molar-refractivity contribution >= 4 is 22.6 Å². The van der Waals surface area contributed by atoms with Crippen molar-refractivity contribution in [1.29, 1.82) is 0 Å². The highest BCUT2D eigenvalue weighted by Crippen LogP contribution is 2.46. The molecule has 0 aliphatic carbocycles. The molecule has 1 atom stereocenters.